The fourth-order valence-electron chi connectivity index (χ4n) is 1.53. The van der Waals surface area contributed by atoms with Crippen LogP contribution >= 0.6 is 11.8 Å². The summed E-state index contributed by atoms with van der Waals surface area (Å²) in [6.07, 6.45) is 8.17. The second-order valence-corrected chi connectivity index (χ2v) is 5.86. The van der Waals surface area contributed by atoms with Crippen LogP contribution in [0.5, 0.6) is 0 Å². The fourth-order valence-corrected chi connectivity index (χ4v) is 2.66. The molecule has 1 nitrogen and oxygen atoms in total. The second kappa shape index (κ2) is 10.8. The molecule has 15 heavy (non-hydrogen) atoms. The van der Waals surface area contributed by atoms with E-state index in [0.717, 1.165) is 11.3 Å². The van der Waals surface area contributed by atoms with Gasteiger partial charge in [-0.25, -0.2) is 0 Å². The quantitative estimate of drug-likeness (QED) is 0.569. The minimum Gasteiger partial charge on any atom is -0.316 e. The van der Waals surface area contributed by atoms with E-state index in [2.05, 4.69) is 44.9 Å². The van der Waals surface area contributed by atoms with Gasteiger partial charge in [-0.3, -0.25) is 0 Å². The monoisotopic (exact) mass is 231 g/mol. The minimum absolute atomic E-state index is 0.723. The summed E-state index contributed by atoms with van der Waals surface area (Å²) in [6.45, 7) is 6.87. The summed E-state index contributed by atoms with van der Waals surface area (Å²) in [5, 5.41) is 4.25. The first-order valence-electron chi connectivity index (χ1n) is 6.53. The van der Waals surface area contributed by atoms with Gasteiger partial charge in [-0.15, -0.1) is 0 Å². The van der Waals surface area contributed by atoms with E-state index < -0.39 is 0 Å². The van der Waals surface area contributed by atoms with Gasteiger partial charge in [0, 0.05) is 17.0 Å². The molecule has 0 fully saturated rings. The van der Waals surface area contributed by atoms with Gasteiger partial charge < -0.3 is 5.32 Å². The van der Waals surface area contributed by atoms with Crippen molar-refractivity contribution in [2.24, 2.45) is 0 Å². The van der Waals surface area contributed by atoms with E-state index in [0.29, 0.717) is 0 Å². The van der Waals surface area contributed by atoms with Crippen LogP contribution in [0.2, 0.25) is 0 Å². The molecule has 0 rings (SSSR count). The Morgan fingerprint density at radius 1 is 1.13 bits per heavy atom. The highest BCUT2D eigenvalue weighted by Crippen LogP contribution is 2.17. The van der Waals surface area contributed by atoms with Gasteiger partial charge in [-0.1, -0.05) is 46.5 Å². The maximum absolute atomic E-state index is 3.44. The Kier molecular flexibility index (Phi) is 11.0. The molecule has 0 spiro atoms. The predicted molar refractivity (Wildman–Crippen MR) is 73.8 cm³/mol. The number of hydrogen-bond acceptors (Lipinski definition) is 2. The van der Waals surface area contributed by atoms with Crippen LogP contribution in [0.4, 0.5) is 0 Å². The van der Waals surface area contributed by atoms with Crippen molar-refractivity contribution in [3.05, 3.63) is 0 Å². The van der Waals surface area contributed by atoms with Crippen molar-refractivity contribution in [1.82, 2.24) is 5.32 Å². The number of thioether (sulfide) groups is 1. The number of nitrogens with one attached hydrogen (secondary N) is 1. The highest BCUT2D eigenvalue weighted by Gasteiger charge is 2.07. The standard InChI is InChI=1S/C13H29NS/c1-5-7-8-9-10-13(14-4)11-15-12(3)6-2/h12-14H,5-11H2,1-4H3. The van der Waals surface area contributed by atoms with E-state index in [4.69, 9.17) is 0 Å². The Balaban J connectivity index is 3.46. The lowest BCUT2D eigenvalue weighted by Gasteiger charge is -2.17. The van der Waals surface area contributed by atoms with Crippen LogP contribution in [0.15, 0.2) is 0 Å². The summed E-state index contributed by atoms with van der Waals surface area (Å²) in [5.74, 6) is 1.28. The summed E-state index contributed by atoms with van der Waals surface area (Å²) in [5.41, 5.74) is 0. The average molecular weight is 231 g/mol. The van der Waals surface area contributed by atoms with Crippen LogP contribution in [0.3, 0.4) is 0 Å². The highest BCUT2D eigenvalue weighted by molar-refractivity contribution is 7.99. The molecule has 0 heterocycles. The average Bonchev–Trinajstić information content (AvgIpc) is 2.27. The molecule has 0 radical (unpaired) electrons. The molecular weight excluding hydrogens is 202 g/mol. The summed E-state index contributed by atoms with van der Waals surface area (Å²) < 4.78 is 0. The molecule has 0 saturated carbocycles. The molecule has 2 heteroatoms. The molecule has 2 atom stereocenters. The third-order valence-electron chi connectivity index (χ3n) is 2.97. The molecular formula is C13H29NS. The van der Waals surface area contributed by atoms with Gasteiger partial charge in [-0.2, -0.15) is 11.8 Å². The maximum Gasteiger partial charge on any atom is 0.0155 e. The fraction of sp³-hybridized carbons (Fsp3) is 1.00. The van der Waals surface area contributed by atoms with Gasteiger partial charge >= 0.3 is 0 Å². The van der Waals surface area contributed by atoms with Crippen LogP contribution in [0, 0.1) is 0 Å². The predicted octanol–water partition coefficient (Wildman–Crippen LogP) is 4.08. The second-order valence-electron chi connectivity index (χ2n) is 4.39. The van der Waals surface area contributed by atoms with Gasteiger partial charge in [0.1, 0.15) is 0 Å². The lowest BCUT2D eigenvalue weighted by atomic mass is 10.1. The van der Waals surface area contributed by atoms with Crippen molar-refractivity contribution < 1.29 is 0 Å². The Hall–Kier alpha value is 0.310. The molecule has 0 saturated heterocycles. The first kappa shape index (κ1) is 15.3. The third-order valence-corrected chi connectivity index (χ3v) is 4.47. The third kappa shape index (κ3) is 9.25. The molecule has 0 bridgehead atoms. The van der Waals surface area contributed by atoms with Gasteiger partial charge in [0.15, 0.2) is 0 Å². The molecule has 0 aromatic rings. The SMILES string of the molecule is CCCCCCC(CSC(C)CC)NC. The van der Waals surface area contributed by atoms with E-state index in [1.165, 1.54) is 44.3 Å². The number of hydrogen-bond donors (Lipinski definition) is 1. The summed E-state index contributed by atoms with van der Waals surface area (Å²) in [4.78, 5) is 0. The summed E-state index contributed by atoms with van der Waals surface area (Å²) in [6, 6.07) is 0.723. The summed E-state index contributed by atoms with van der Waals surface area (Å²) in [7, 11) is 2.10. The van der Waals surface area contributed by atoms with E-state index in [1.54, 1.807) is 0 Å². The maximum atomic E-state index is 3.44. The number of unbranched alkanes of at least 4 members (excludes halogenated alkanes) is 3. The Bertz CT molecular complexity index is 128. The van der Waals surface area contributed by atoms with Crippen LogP contribution < -0.4 is 5.32 Å². The molecule has 0 aliphatic heterocycles. The first-order valence-corrected chi connectivity index (χ1v) is 7.58. The smallest absolute Gasteiger partial charge is 0.0155 e. The van der Waals surface area contributed by atoms with Crippen molar-refractivity contribution in [3.8, 4) is 0 Å². The molecule has 0 aromatic heterocycles. The van der Waals surface area contributed by atoms with E-state index >= 15 is 0 Å². The molecule has 2 unspecified atom stereocenters. The normalized spacial score (nSPS) is 15.2. The zero-order valence-electron chi connectivity index (χ0n) is 11.0. The molecule has 0 aliphatic rings. The van der Waals surface area contributed by atoms with Crippen molar-refractivity contribution in [2.45, 2.75) is 70.6 Å². The molecule has 0 amide bonds. The van der Waals surface area contributed by atoms with E-state index in [1.807, 2.05) is 0 Å². The molecule has 0 aliphatic carbocycles. The van der Waals surface area contributed by atoms with Crippen LogP contribution in [0.25, 0.3) is 0 Å². The van der Waals surface area contributed by atoms with Crippen LogP contribution in [0.1, 0.15) is 59.3 Å². The zero-order chi connectivity index (χ0) is 11.5. The Morgan fingerprint density at radius 3 is 2.40 bits per heavy atom. The number of rotatable bonds is 10. The summed E-state index contributed by atoms with van der Waals surface area (Å²) >= 11 is 2.11. The van der Waals surface area contributed by atoms with Crippen LogP contribution in [-0.2, 0) is 0 Å². The van der Waals surface area contributed by atoms with Crippen molar-refractivity contribution in [1.29, 1.82) is 0 Å². The lowest BCUT2D eigenvalue weighted by molar-refractivity contribution is 0.523. The molecule has 92 valence electrons. The zero-order valence-corrected chi connectivity index (χ0v) is 11.8. The van der Waals surface area contributed by atoms with Crippen molar-refractivity contribution in [3.63, 3.8) is 0 Å². The van der Waals surface area contributed by atoms with Gasteiger partial charge in [0.25, 0.3) is 0 Å². The first-order chi connectivity index (χ1) is 7.24. The van der Waals surface area contributed by atoms with Gasteiger partial charge in [-0.05, 0) is 19.9 Å². The Morgan fingerprint density at radius 2 is 1.87 bits per heavy atom. The topological polar surface area (TPSA) is 12.0 Å². The Labute approximate surface area is 101 Å². The van der Waals surface area contributed by atoms with Gasteiger partial charge in [0.05, 0.1) is 0 Å². The molecule has 1 N–H and O–H groups in total. The molecule has 0 aromatic carbocycles. The van der Waals surface area contributed by atoms with Crippen LogP contribution in [-0.4, -0.2) is 24.1 Å². The minimum atomic E-state index is 0.723. The van der Waals surface area contributed by atoms with Crippen molar-refractivity contribution in [2.75, 3.05) is 12.8 Å². The van der Waals surface area contributed by atoms with Crippen molar-refractivity contribution >= 4 is 11.8 Å². The largest absolute Gasteiger partial charge is 0.316 e. The van der Waals surface area contributed by atoms with Gasteiger partial charge in [0.2, 0.25) is 0 Å². The van der Waals surface area contributed by atoms with E-state index in [-0.39, 0.29) is 0 Å². The highest BCUT2D eigenvalue weighted by atomic mass is 32.2. The lowest BCUT2D eigenvalue weighted by Crippen LogP contribution is -2.28. The van der Waals surface area contributed by atoms with E-state index in [9.17, 15) is 0 Å².